The highest BCUT2D eigenvalue weighted by atomic mass is 19.1. The van der Waals surface area contributed by atoms with Gasteiger partial charge in [-0.05, 0) is 44.2 Å². The number of carbonyl (C=O) groups is 1. The van der Waals surface area contributed by atoms with Crippen LogP contribution in [-0.4, -0.2) is 49.6 Å². The number of anilines is 1. The Bertz CT molecular complexity index is 459. The summed E-state index contributed by atoms with van der Waals surface area (Å²) in [7, 11) is 0. The summed E-state index contributed by atoms with van der Waals surface area (Å²) >= 11 is 0. The van der Waals surface area contributed by atoms with Gasteiger partial charge in [-0.15, -0.1) is 0 Å². The molecule has 4 nitrogen and oxygen atoms in total. The Kier molecular flexibility index (Phi) is 5.70. The number of benzene rings is 1. The lowest BCUT2D eigenvalue weighted by Crippen LogP contribution is -2.59. The van der Waals surface area contributed by atoms with E-state index < -0.39 is 0 Å². The van der Waals surface area contributed by atoms with E-state index in [1.807, 2.05) is 6.92 Å². The zero-order chi connectivity index (χ0) is 15.2. The molecule has 1 N–H and O–H groups in total. The van der Waals surface area contributed by atoms with E-state index in [1.54, 1.807) is 17.0 Å². The molecule has 0 saturated carbocycles. The fourth-order valence-corrected chi connectivity index (χ4v) is 2.59. The molecule has 21 heavy (non-hydrogen) atoms. The number of halogens is 1. The maximum absolute atomic E-state index is 13.0. The minimum absolute atomic E-state index is 0.0736. The van der Waals surface area contributed by atoms with Crippen molar-refractivity contribution >= 4 is 11.6 Å². The number of amides is 1. The Balaban J connectivity index is 2.02. The van der Waals surface area contributed by atoms with E-state index in [2.05, 4.69) is 17.1 Å². The van der Waals surface area contributed by atoms with E-state index in [9.17, 15) is 9.18 Å². The average molecular weight is 293 g/mol. The van der Waals surface area contributed by atoms with Crippen LogP contribution in [0, 0.1) is 5.82 Å². The molecule has 1 amide bonds. The molecule has 0 unspecified atom stereocenters. The Morgan fingerprint density at radius 1 is 1.29 bits per heavy atom. The Labute approximate surface area is 125 Å². The molecule has 1 fully saturated rings. The van der Waals surface area contributed by atoms with Gasteiger partial charge in [-0.25, -0.2) is 4.39 Å². The first kappa shape index (κ1) is 15.9. The molecule has 1 aliphatic rings. The van der Waals surface area contributed by atoms with Crippen molar-refractivity contribution in [1.29, 1.82) is 0 Å². The third kappa shape index (κ3) is 4.02. The quantitative estimate of drug-likeness (QED) is 0.833. The van der Waals surface area contributed by atoms with Crippen molar-refractivity contribution in [3.8, 4) is 0 Å². The molecule has 0 radical (unpaired) electrons. The molecule has 2 rings (SSSR count). The van der Waals surface area contributed by atoms with Crippen molar-refractivity contribution in [3.05, 3.63) is 30.1 Å². The molecule has 1 heterocycles. The van der Waals surface area contributed by atoms with Crippen LogP contribution >= 0.6 is 0 Å². The Hall–Kier alpha value is -1.46. The first-order valence-corrected chi connectivity index (χ1v) is 7.66. The minimum atomic E-state index is -0.282. The lowest BCUT2D eigenvalue weighted by molar-refractivity contribution is -0.120. The van der Waals surface area contributed by atoms with Crippen LogP contribution in [0.4, 0.5) is 10.1 Å². The van der Waals surface area contributed by atoms with E-state index >= 15 is 0 Å². The van der Waals surface area contributed by atoms with Gasteiger partial charge >= 0.3 is 0 Å². The Morgan fingerprint density at radius 3 is 2.43 bits per heavy atom. The molecule has 1 aromatic carbocycles. The highest BCUT2D eigenvalue weighted by Crippen LogP contribution is 2.16. The molecule has 5 heteroatoms. The lowest BCUT2D eigenvalue weighted by Gasteiger charge is -2.38. The van der Waals surface area contributed by atoms with Gasteiger partial charge in [0, 0.05) is 31.4 Å². The molecule has 0 atom stereocenters. The van der Waals surface area contributed by atoms with Gasteiger partial charge in [0.05, 0.1) is 6.54 Å². The normalized spacial score (nSPS) is 15.0. The molecule has 0 aliphatic carbocycles. The summed E-state index contributed by atoms with van der Waals surface area (Å²) in [5, 5.41) is 3.25. The second-order valence-corrected chi connectivity index (χ2v) is 5.40. The molecule has 116 valence electrons. The van der Waals surface area contributed by atoms with E-state index in [0.717, 1.165) is 31.7 Å². The van der Waals surface area contributed by atoms with Gasteiger partial charge < -0.3 is 10.2 Å². The molecule has 1 aromatic rings. The van der Waals surface area contributed by atoms with Crippen LogP contribution in [0.2, 0.25) is 0 Å². The van der Waals surface area contributed by atoms with E-state index in [-0.39, 0.29) is 11.7 Å². The maximum Gasteiger partial charge on any atom is 0.241 e. The summed E-state index contributed by atoms with van der Waals surface area (Å²) in [5.41, 5.74) is 0.757. The predicted octanol–water partition coefficient (Wildman–Crippen LogP) is 1.86. The van der Waals surface area contributed by atoms with Crippen LogP contribution in [0.15, 0.2) is 24.3 Å². The topological polar surface area (TPSA) is 35.6 Å². The van der Waals surface area contributed by atoms with Crippen LogP contribution in [0.3, 0.4) is 0 Å². The SMILES string of the molecule is CCCN(CC(=O)N(CC)c1ccc(F)cc1)C1CNC1. The number of carbonyl (C=O) groups excluding carboxylic acids is 1. The van der Waals surface area contributed by atoms with Gasteiger partial charge in [0.1, 0.15) is 5.82 Å². The summed E-state index contributed by atoms with van der Waals surface area (Å²) < 4.78 is 13.0. The number of nitrogens with one attached hydrogen (secondary N) is 1. The van der Waals surface area contributed by atoms with Gasteiger partial charge in [0.15, 0.2) is 0 Å². The smallest absolute Gasteiger partial charge is 0.241 e. The number of nitrogens with zero attached hydrogens (tertiary/aromatic N) is 2. The van der Waals surface area contributed by atoms with Crippen LogP contribution in [0.25, 0.3) is 0 Å². The van der Waals surface area contributed by atoms with Crippen LogP contribution in [0.5, 0.6) is 0 Å². The van der Waals surface area contributed by atoms with Crippen molar-refractivity contribution < 1.29 is 9.18 Å². The zero-order valence-electron chi connectivity index (χ0n) is 12.8. The third-order valence-corrected chi connectivity index (χ3v) is 3.88. The van der Waals surface area contributed by atoms with Crippen molar-refractivity contribution in [1.82, 2.24) is 10.2 Å². The molecule has 1 saturated heterocycles. The number of hydrogen-bond acceptors (Lipinski definition) is 3. The van der Waals surface area contributed by atoms with Crippen LogP contribution in [0.1, 0.15) is 20.3 Å². The molecule has 0 aromatic heterocycles. The van der Waals surface area contributed by atoms with Crippen molar-refractivity contribution in [2.24, 2.45) is 0 Å². The minimum Gasteiger partial charge on any atom is -0.314 e. The predicted molar refractivity (Wildman–Crippen MR) is 82.9 cm³/mol. The third-order valence-electron chi connectivity index (χ3n) is 3.88. The monoisotopic (exact) mass is 293 g/mol. The highest BCUT2D eigenvalue weighted by molar-refractivity contribution is 5.94. The molecule has 1 aliphatic heterocycles. The first-order valence-electron chi connectivity index (χ1n) is 7.66. The highest BCUT2D eigenvalue weighted by Gasteiger charge is 2.27. The van der Waals surface area contributed by atoms with E-state index in [0.29, 0.717) is 19.1 Å². The lowest BCUT2D eigenvalue weighted by atomic mass is 10.1. The fourth-order valence-electron chi connectivity index (χ4n) is 2.59. The van der Waals surface area contributed by atoms with Crippen molar-refractivity contribution in [2.45, 2.75) is 26.3 Å². The van der Waals surface area contributed by atoms with E-state index in [1.165, 1.54) is 12.1 Å². The molecular weight excluding hydrogens is 269 g/mol. The standard InChI is InChI=1S/C16H24FN3O/c1-3-9-19(15-10-18-11-15)12-16(21)20(4-2)14-7-5-13(17)6-8-14/h5-8,15,18H,3-4,9-12H2,1-2H3. The number of hydrogen-bond donors (Lipinski definition) is 1. The van der Waals surface area contributed by atoms with Crippen molar-refractivity contribution in [3.63, 3.8) is 0 Å². The van der Waals surface area contributed by atoms with Gasteiger partial charge in [-0.2, -0.15) is 0 Å². The molecule has 0 bridgehead atoms. The summed E-state index contributed by atoms with van der Waals surface area (Å²) in [4.78, 5) is 16.5. The molecule has 0 spiro atoms. The maximum atomic E-state index is 13.0. The van der Waals surface area contributed by atoms with Crippen LogP contribution in [-0.2, 0) is 4.79 Å². The van der Waals surface area contributed by atoms with Crippen LogP contribution < -0.4 is 10.2 Å². The van der Waals surface area contributed by atoms with Gasteiger partial charge in [0.2, 0.25) is 5.91 Å². The first-order chi connectivity index (χ1) is 10.2. The summed E-state index contributed by atoms with van der Waals surface area (Å²) in [6.07, 6.45) is 1.03. The van der Waals surface area contributed by atoms with Gasteiger partial charge in [-0.3, -0.25) is 9.69 Å². The second kappa shape index (κ2) is 7.52. The fraction of sp³-hybridized carbons (Fsp3) is 0.562. The van der Waals surface area contributed by atoms with Crippen molar-refractivity contribution in [2.75, 3.05) is 37.6 Å². The number of likely N-dealkylation sites (N-methyl/N-ethyl adjacent to an activating group) is 1. The molecular formula is C16H24FN3O. The second-order valence-electron chi connectivity index (χ2n) is 5.40. The summed E-state index contributed by atoms with van der Waals surface area (Å²) in [5.74, 6) is -0.208. The Morgan fingerprint density at radius 2 is 1.95 bits per heavy atom. The largest absolute Gasteiger partial charge is 0.314 e. The summed E-state index contributed by atoms with van der Waals surface area (Å²) in [6.45, 7) is 7.92. The van der Waals surface area contributed by atoms with E-state index in [4.69, 9.17) is 0 Å². The zero-order valence-corrected chi connectivity index (χ0v) is 12.8. The summed E-state index contributed by atoms with van der Waals surface area (Å²) in [6, 6.07) is 6.56. The number of rotatable bonds is 7. The van der Waals surface area contributed by atoms with Gasteiger partial charge in [-0.1, -0.05) is 6.92 Å². The average Bonchev–Trinajstić information content (AvgIpc) is 2.40. The van der Waals surface area contributed by atoms with Gasteiger partial charge in [0.25, 0.3) is 0 Å².